The van der Waals surface area contributed by atoms with Crippen molar-refractivity contribution in [3.05, 3.63) is 50.4 Å². The van der Waals surface area contributed by atoms with Crippen molar-refractivity contribution in [1.82, 2.24) is 15.2 Å². The highest BCUT2D eigenvalue weighted by Crippen LogP contribution is 2.24. The molecule has 0 aromatic carbocycles. The molecular weight excluding hydrogens is 298 g/mol. The van der Waals surface area contributed by atoms with Gasteiger partial charge in [-0.3, -0.25) is 14.9 Å². The van der Waals surface area contributed by atoms with Gasteiger partial charge in [0.2, 0.25) is 5.82 Å². The van der Waals surface area contributed by atoms with Gasteiger partial charge in [-0.2, -0.15) is 10.2 Å². The molecule has 0 aliphatic carbocycles. The number of rotatable bonds is 3. The maximum Gasteiger partial charge on any atom is 0.311 e. The lowest BCUT2D eigenvalue weighted by atomic mass is 10.2. The molecule has 0 saturated carbocycles. The van der Waals surface area contributed by atoms with Crippen molar-refractivity contribution in [2.75, 3.05) is 5.32 Å². The molecule has 0 unspecified atom stereocenters. The van der Waals surface area contributed by atoms with Gasteiger partial charge in [0.1, 0.15) is 5.15 Å². The van der Waals surface area contributed by atoms with Crippen LogP contribution in [0, 0.1) is 24.0 Å². The van der Waals surface area contributed by atoms with Crippen LogP contribution in [-0.4, -0.2) is 26.0 Å². The number of hydrogen-bond donors (Lipinski definition) is 1. The highest BCUT2D eigenvalue weighted by molar-refractivity contribution is 6.29. The van der Waals surface area contributed by atoms with E-state index in [4.69, 9.17) is 11.6 Å². The number of aromatic nitrogens is 3. The molecule has 8 nitrogen and oxygen atoms in total. The lowest BCUT2D eigenvalue weighted by Gasteiger charge is -2.07. The summed E-state index contributed by atoms with van der Waals surface area (Å²) in [5.74, 6) is -0.783. The summed E-state index contributed by atoms with van der Waals surface area (Å²) in [6.07, 6.45) is 0. The van der Waals surface area contributed by atoms with Crippen LogP contribution in [0.5, 0.6) is 0 Å². The Hall–Kier alpha value is -2.61. The first kappa shape index (κ1) is 14.8. The molecule has 0 radical (unpaired) electrons. The van der Waals surface area contributed by atoms with E-state index in [1.54, 1.807) is 13.8 Å². The second-order valence-electron chi connectivity index (χ2n) is 4.20. The van der Waals surface area contributed by atoms with Gasteiger partial charge in [0, 0.05) is 6.07 Å². The van der Waals surface area contributed by atoms with Crippen molar-refractivity contribution in [3.63, 3.8) is 0 Å². The lowest BCUT2D eigenvalue weighted by Crippen LogP contribution is -2.17. The van der Waals surface area contributed by atoms with E-state index in [-0.39, 0.29) is 22.2 Å². The number of nitro groups is 1. The highest BCUT2D eigenvalue weighted by atomic mass is 35.5. The monoisotopic (exact) mass is 307 g/mol. The molecule has 0 fully saturated rings. The van der Waals surface area contributed by atoms with Crippen LogP contribution in [0.25, 0.3) is 0 Å². The number of hydrogen-bond acceptors (Lipinski definition) is 6. The Kier molecular flexibility index (Phi) is 4.08. The number of nitrogens with one attached hydrogen (secondary N) is 1. The summed E-state index contributed by atoms with van der Waals surface area (Å²) in [6, 6.07) is 3.99. The molecule has 2 aromatic heterocycles. The van der Waals surface area contributed by atoms with Crippen LogP contribution in [-0.2, 0) is 0 Å². The van der Waals surface area contributed by atoms with Crippen LogP contribution < -0.4 is 5.32 Å². The predicted molar refractivity (Wildman–Crippen MR) is 75.4 cm³/mol. The van der Waals surface area contributed by atoms with Gasteiger partial charge in [0.25, 0.3) is 5.91 Å². The number of aryl methyl sites for hydroxylation is 2. The van der Waals surface area contributed by atoms with Gasteiger partial charge >= 0.3 is 5.69 Å². The number of carbonyl (C=O) groups excluding carboxylic acids is 1. The van der Waals surface area contributed by atoms with E-state index in [1.807, 2.05) is 0 Å². The Balaban J connectivity index is 2.38. The molecule has 0 spiro atoms. The first-order valence-electron chi connectivity index (χ1n) is 5.81. The fourth-order valence-corrected chi connectivity index (χ4v) is 1.77. The minimum absolute atomic E-state index is 0.0386. The van der Waals surface area contributed by atoms with Crippen LogP contribution in [0.15, 0.2) is 18.2 Å². The maximum absolute atomic E-state index is 12.2. The lowest BCUT2D eigenvalue weighted by molar-refractivity contribution is -0.384. The third kappa shape index (κ3) is 3.29. The van der Waals surface area contributed by atoms with Gasteiger partial charge in [0.15, 0.2) is 0 Å². The SMILES string of the molecule is Cc1cc(C(=O)Nc2nc(Cl)ccc2[N+](=O)[O-])c(C)nn1. The maximum atomic E-state index is 12.2. The van der Waals surface area contributed by atoms with Crippen LogP contribution in [0.1, 0.15) is 21.7 Å². The van der Waals surface area contributed by atoms with Crippen molar-refractivity contribution < 1.29 is 9.72 Å². The fraction of sp³-hybridized carbons (Fsp3) is 0.167. The van der Waals surface area contributed by atoms with Gasteiger partial charge in [-0.1, -0.05) is 11.6 Å². The Labute approximate surface area is 124 Å². The molecule has 9 heteroatoms. The van der Waals surface area contributed by atoms with Crippen LogP contribution in [0.4, 0.5) is 11.5 Å². The van der Waals surface area contributed by atoms with Crippen LogP contribution in [0.3, 0.4) is 0 Å². The number of halogens is 1. The number of anilines is 1. The van der Waals surface area contributed by atoms with E-state index in [0.717, 1.165) is 0 Å². The Morgan fingerprint density at radius 2 is 2.05 bits per heavy atom. The predicted octanol–water partition coefficient (Wildman–Crippen LogP) is 2.30. The molecule has 0 aliphatic heterocycles. The number of amides is 1. The molecule has 108 valence electrons. The van der Waals surface area contributed by atoms with Crippen molar-refractivity contribution >= 4 is 29.0 Å². The van der Waals surface area contributed by atoms with Gasteiger partial charge in [-0.05, 0) is 26.0 Å². The third-order valence-corrected chi connectivity index (χ3v) is 2.82. The number of pyridine rings is 1. The second-order valence-corrected chi connectivity index (χ2v) is 4.58. The Bertz CT molecular complexity index is 735. The summed E-state index contributed by atoms with van der Waals surface area (Å²) < 4.78 is 0. The molecule has 1 N–H and O–H groups in total. The molecule has 2 rings (SSSR count). The quantitative estimate of drug-likeness (QED) is 0.529. The average Bonchev–Trinajstić information content (AvgIpc) is 2.41. The fourth-order valence-electron chi connectivity index (χ4n) is 1.62. The molecule has 21 heavy (non-hydrogen) atoms. The van der Waals surface area contributed by atoms with Gasteiger partial charge < -0.3 is 5.32 Å². The van der Waals surface area contributed by atoms with E-state index in [1.165, 1.54) is 18.2 Å². The molecule has 2 heterocycles. The normalized spacial score (nSPS) is 10.2. The second kappa shape index (κ2) is 5.80. The zero-order valence-electron chi connectivity index (χ0n) is 11.1. The average molecular weight is 308 g/mol. The highest BCUT2D eigenvalue weighted by Gasteiger charge is 2.20. The smallest absolute Gasteiger partial charge is 0.301 e. The number of carbonyl (C=O) groups is 1. The summed E-state index contributed by atoms with van der Waals surface area (Å²) >= 11 is 5.70. The largest absolute Gasteiger partial charge is 0.311 e. The van der Waals surface area contributed by atoms with Crippen LogP contribution in [0.2, 0.25) is 5.15 Å². The zero-order chi connectivity index (χ0) is 15.6. The standard InChI is InChI=1S/C12H10ClN5O3/c1-6-5-8(7(2)17-16-6)12(19)15-11-9(18(20)21)3-4-10(13)14-11/h3-5H,1-2H3,(H,14,15,19). The third-order valence-electron chi connectivity index (χ3n) is 2.61. The summed E-state index contributed by atoms with van der Waals surface area (Å²) in [5, 5.41) is 21.0. The Morgan fingerprint density at radius 3 is 2.71 bits per heavy atom. The van der Waals surface area contributed by atoms with Crippen LogP contribution >= 0.6 is 11.6 Å². The topological polar surface area (TPSA) is 111 Å². The van der Waals surface area contributed by atoms with Gasteiger partial charge in [-0.25, -0.2) is 4.98 Å². The first-order valence-corrected chi connectivity index (χ1v) is 6.19. The summed E-state index contributed by atoms with van der Waals surface area (Å²) in [7, 11) is 0. The molecule has 0 atom stereocenters. The van der Waals surface area contributed by atoms with E-state index in [0.29, 0.717) is 11.4 Å². The Morgan fingerprint density at radius 1 is 1.33 bits per heavy atom. The first-order chi connectivity index (χ1) is 9.88. The van der Waals surface area contributed by atoms with E-state index < -0.39 is 10.8 Å². The van der Waals surface area contributed by atoms with Gasteiger partial charge in [0.05, 0.1) is 21.9 Å². The summed E-state index contributed by atoms with van der Waals surface area (Å²) in [6.45, 7) is 3.30. The number of nitrogens with zero attached hydrogens (tertiary/aromatic N) is 4. The molecule has 1 amide bonds. The molecule has 0 bridgehead atoms. The summed E-state index contributed by atoms with van der Waals surface area (Å²) in [4.78, 5) is 26.2. The van der Waals surface area contributed by atoms with Crippen molar-refractivity contribution in [1.29, 1.82) is 0 Å². The van der Waals surface area contributed by atoms with E-state index >= 15 is 0 Å². The van der Waals surface area contributed by atoms with Crippen molar-refractivity contribution in [2.45, 2.75) is 13.8 Å². The minimum atomic E-state index is -0.651. The van der Waals surface area contributed by atoms with E-state index in [2.05, 4.69) is 20.5 Å². The molecule has 0 saturated heterocycles. The van der Waals surface area contributed by atoms with Crippen molar-refractivity contribution in [2.24, 2.45) is 0 Å². The van der Waals surface area contributed by atoms with E-state index in [9.17, 15) is 14.9 Å². The molecular formula is C12H10ClN5O3. The zero-order valence-corrected chi connectivity index (χ0v) is 11.9. The van der Waals surface area contributed by atoms with Gasteiger partial charge in [-0.15, -0.1) is 0 Å². The van der Waals surface area contributed by atoms with Crippen molar-refractivity contribution in [3.8, 4) is 0 Å². The minimum Gasteiger partial charge on any atom is -0.301 e. The summed E-state index contributed by atoms with van der Waals surface area (Å²) in [5.41, 5.74) is 0.879. The molecule has 2 aromatic rings. The molecule has 0 aliphatic rings.